The first-order chi connectivity index (χ1) is 12.8. The van der Waals surface area contributed by atoms with Gasteiger partial charge in [-0.1, -0.05) is 18.2 Å². The molecule has 0 atom stereocenters. The Morgan fingerprint density at radius 2 is 1.65 bits per heavy atom. The second-order valence-electron chi connectivity index (χ2n) is 6.27. The Morgan fingerprint density at radius 3 is 2.38 bits per heavy atom. The molecule has 2 N–H and O–H groups in total. The summed E-state index contributed by atoms with van der Waals surface area (Å²) in [7, 11) is 0. The van der Waals surface area contributed by atoms with Crippen molar-refractivity contribution in [3.63, 3.8) is 0 Å². The van der Waals surface area contributed by atoms with Gasteiger partial charge in [0.2, 0.25) is 0 Å². The average molecular weight is 345 g/mol. The zero-order valence-corrected chi connectivity index (χ0v) is 14.2. The Bertz CT molecular complexity index is 891. The molecule has 0 spiro atoms. The van der Waals surface area contributed by atoms with Crippen LogP contribution in [0.15, 0.2) is 73.1 Å². The summed E-state index contributed by atoms with van der Waals surface area (Å²) < 4.78 is 5.78. The molecule has 1 aromatic heterocycles. The predicted octanol–water partition coefficient (Wildman–Crippen LogP) is 4.51. The first kappa shape index (κ1) is 16.1. The van der Waals surface area contributed by atoms with Crippen molar-refractivity contribution in [3.05, 3.63) is 78.6 Å². The number of anilines is 2. The number of nitrogens with zero attached hydrogens (tertiary/aromatic N) is 1. The summed E-state index contributed by atoms with van der Waals surface area (Å²) in [5, 5.41) is 6.23. The van der Waals surface area contributed by atoms with Crippen LogP contribution < -0.4 is 15.4 Å². The molecule has 0 saturated heterocycles. The van der Waals surface area contributed by atoms with Gasteiger partial charge in [-0.15, -0.1) is 0 Å². The van der Waals surface area contributed by atoms with Crippen LogP contribution in [0.3, 0.4) is 0 Å². The highest BCUT2D eigenvalue weighted by molar-refractivity contribution is 5.95. The highest BCUT2D eigenvalue weighted by Crippen LogP contribution is 2.24. The summed E-state index contributed by atoms with van der Waals surface area (Å²) in [5.74, 6) is 1.49. The molecule has 2 aromatic carbocycles. The van der Waals surface area contributed by atoms with E-state index in [2.05, 4.69) is 15.6 Å². The van der Waals surface area contributed by atoms with Gasteiger partial charge in [-0.2, -0.15) is 0 Å². The molecular weight excluding hydrogens is 326 g/mol. The summed E-state index contributed by atoms with van der Waals surface area (Å²) in [5.41, 5.74) is 2.23. The van der Waals surface area contributed by atoms with E-state index in [4.69, 9.17) is 4.74 Å². The molecular formula is C21H19N3O2. The van der Waals surface area contributed by atoms with Crippen molar-refractivity contribution in [1.29, 1.82) is 0 Å². The van der Waals surface area contributed by atoms with E-state index in [1.54, 1.807) is 18.5 Å². The van der Waals surface area contributed by atoms with E-state index < -0.39 is 0 Å². The fourth-order valence-corrected chi connectivity index (χ4v) is 2.53. The van der Waals surface area contributed by atoms with Crippen LogP contribution >= 0.6 is 0 Å². The van der Waals surface area contributed by atoms with Gasteiger partial charge in [-0.3, -0.25) is 9.78 Å². The third-order valence-electron chi connectivity index (χ3n) is 4.03. The van der Waals surface area contributed by atoms with Crippen molar-refractivity contribution >= 4 is 17.3 Å². The lowest BCUT2D eigenvalue weighted by molar-refractivity contribution is 0.0950. The SMILES string of the molecule is O=C(NC1CC1)c1cncc(Nc2ccc(Oc3ccccc3)cc2)c1. The zero-order chi connectivity index (χ0) is 17.8. The molecule has 4 rings (SSSR count). The molecule has 1 heterocycles. The minimum absolute atomic E-state index is 0.0738. The lowest BCUT2D eigenvalue weighted by Crippen LogP contribution is -2.25. The number of amides is 1. The zero-order valence-electron chi connectivity index (χ0n) is 14.2. The lowest BCUT2D eigenvalue weighted by Gasteiger charge is -2.10. The van der Waals surface area contributed by atoms with Gasteiger partial charge in [0, 0.05) is 17.9 Å². The monoisotopic (exact) mass is 345 g/mol. The minimum atomic E-state index is -0.0738. The largest absolute Gasteiger partial charge is 0.457 e. The third-order valence-corrected chi connectivity index (χ3v) is 4.03. The van der Waals surface area contributed by atoms with E-state index >= 15 is 0 Å². The first-order valence-corrected chi connectivity index (χ1v) is 8.62. The molecule has 0 bridgehead atoms. The van der Waals surface area contributed by atoms with Crippen molar-refractivity contribution in [1.82, 2.24) is 10.3 Å². The van der Waals surface area contributed by atoms with Gasteiger partial charge in [0.05, 0.1) is 17.4 Å². The highest BCUT2D eigenvalue weighted by Gasteiger charge is 2.23. The van der Waals surface area contributed by atoms with Gasteiger partial charge in [-0.25, -0.2) is 0 Å². The summed E-state index contributed by atoms with van der Waals surface area (Å²) in [6.07, 6.45) is 5.41. The number of carbonyl (C=O) groups excluding carboxylic acids is 1. The maximum Gasteiger partial charge on any atom is 0.253 e. The molecule has 3 aromatic rings. The molecule has 1 aliphatic carbocycles. The summed E-state index contributed by atoms with van der Waals surface area (Å²) in [6, 6.07) is 19.4. The number of benzene rings is 2. The number of pyridine rings is 1. The first-order valence-electron chi connectivity index (χ1n) is 8.62. The Kier molecular flexibility index (Phi) is 4.51. The standard InChI is InChI=1S/C21H19N3O2/c25-21(24-17-6-7-17)15-12-18(14-22-13-15)23-16-8-10-20(11-9-16)26-19-4-2-1-3-5-19/h1-5,8-14,17,23H,6-7H2,(H,24,25). The molecule has 1 amide bonds. The molecule has 5 heteroatoms. The lowest BCUT2D eigenvalue weighted by atomic mass is 10.2. The number of hydrogen-bond acceptors (Lipinski definition) is 4. The van der Waals surface area contributed by atoms with Crippen LogP contribution in [0.25, 0.3) is 0 Å². The number of hydrogen-bond donors (Lipinski definition) is 2. The topological polar surface area (TPSA) is 63.2 Å². The van der Waals surface area contributed by atoms with E-state index in [0.29, 0.717) is 11.6 Å². The fraction of sp³-hybridized carbons (Fsp3) is 0.143. The van der Waals surface area contributed by atoms with Crippen LogP contribution in [0.5, 0.6) is 11.5 Å². The van der Waals surface area contributed by atoms with Crippen molar-refractivity contribution in [3.8, 4) is 11.5 Å². The van der Waals surface area contributed by atoms with Crippen LogP contribution in [-0.4, -0.2) is 16.9 Å². The average Bonchev–Trinajstić information content (AvgIpc) is 3.48. The minimum Gasteiger partial charge on any atom is -0.457 e. The molecule has 5 nitrogen and oxygen atoms in total. The van der Waals surface area contributed by atoms with E-state index in [0.717, 1.165) is 35.7 Å². The smallest absolute Gasteiger partial charge is 0.253 e. The second kappa shape index (κ2) is 7.27. The van der Waals surface area contributed by atoms with Crippen LogP contribution in [0, 0.1) is 0 Å². The Morgan fingerprint density at radius 1 is 0.923 bits per heavy atom. The second-order valence-corrected chi connectivity index (χ2v) is 6.27. The number of nitrogens with one attached hydrogen (secondary N) is 2. The normalized spacial score (nSPS) is 13.1. The maximum atomic E-state index is 12.1. The molecule has 26 heavy (non-hydrogen) atoms. The van der Waals surface area contributed by atoms with Crippen molar-refractivity contribution in [2.45, 2.75) is 18.9 Å². The van der Waals surface area contributed by atoms with Crippen LogP contribution in [0.1, 0.15) is 23.2 Å². The third kappa shape index (κ3) is 4.19. The Balaban J connectivity index is 1.41. The van der Waals surface area contributed by atoms with Crippen LogP contribution in [-0.2, 0) is 0 Å². The van der Waals surface area contributed by atoms with Gasteiger partial charge < -0.3 is 15.4 Å². The van der Waals surface area contributed by atoms with Crippen molar-refractivity contribution < 1.29 is 9.53 Å². The summed E-state index contributed by atoms with van der Waals surface area (Å²) in [6.45, 7) is 0. The molecule has 0 aliphatic heterocycles. The molecule has 1 saturated carbocycles. The van der Waals surface area contributed by atoms with Crippen molar-refractivity contribution in [2.75, 3.05) is 5.32 Å². The predicted molar refractivity (Wildman–Crippen MR) is 101 cm³/mol. The van der Waals surface area contributed by atoms with Gasteiger partial charge in [-0.05, 0) is 55.3 Å². The molecule has 1 fully saturated rings. The quantitative estimate of drug-likeness (QED) is 0.690. The van der Waals surface area contributed by atoms with E-state index in [-0.39, 0.29) is 5.91 Å². The maximum absolute atomic E-state index is 12.1. The van der Waals surface area contributed by atoms with Gasteiger partial charge in [0.1, 0.15) is 11.5 Å². The Labute approximate surface area is 152 Å². The van der Waals surface area contributed by atoms with E-state index in [1.807, 2.05) is 54.6 Å². The molecule has 0 radical (unpaired) electrons. The number of aromatic nitrogens is 1. The van der Waals surface area contributed by atoms with Crippen molar-refractivity contribution in [2.24, 2.45) is 0 Å². The van der Waals surface area contributed by atoms with E-state index in [1.165, 1.54) is 0 Å². The van der Waals surface area contributed by atoms with Crippen LogP contribution in [0.2, 0.25) is 0 Å². The van der Waals surface area contributed by atoms with E-state index in [9.17, 15) is 4.79 Å². The van der Waals surface area contributed by atoms with Gasteiger partial charge in [0.15, 0.2) is 0 Å². The fourth-order valence-electron chi connectivity index (χ4n) is 2.53. The number of para-hydroxylation sites is 1. The molecule has 130 valence electrons. The molecule has 0 unspecified atom stereocenters. The van der Waals surface area contributed by atoms with Crippen LogP contribution in [0.4, 0.5) is 11.4 Å². The Hall–Kier alpha value is -3.34. The summed E-state index contributed by atoms with van der Waals surface area (Å²) >= 11 is 0. The highest BCUT2D eigenvalue weighted by atomic mass is 16.5. The number of carbonyl (C=O) groups is 1. The number of rotatable bonds is 6. The molecule has 1 aliphatic rings. The van der Waals surface area contributed by atoms with Gasteiger partial charge in [0.25, 0.3) is 5.91 Å². The number of ether oxygens (including phenoxy) is 1. The summed E-state index contributed by atoms with van der Waals surface area (Å²) in [4.78, 5) is 16.3. The van der Waals surface area contributed by atoms with Gasteiger partial charge >= 0.3 is 0 Å².